The summed E-state index contributed by atoms with van der Waals surface area (Å²) in [5.41, 5.74) is 8.54. The molecule has 2 rings (SSSR count). The molecule has 0 amide bonds. The second-order valence-corrected chi connectivity index (χ2v) is 4.87. The molecule has 1 heterocycles. The highest BCUT2D eigenvalue weighted by Crippen LogP contribution is 2.30. The van der Waals surface area contributed by atoms with Gasteiger partial charge in [-0.25, -0.2) is 4.98 Å². The molecule has 1 aromatic heterocycles. The van der Waals surface area contributed by atoms with Crippen LogP contribution < -0.4 is 11.1 Å². The number of nitrogens with two attached hydrogens (primary N) is 1. The largest absolute Gasteiger partial charge is 0.384 e. The lowest BCUT2D eigenvalue weighted by molar-refractivity contribution is 0.900. The Hall–Kier alpha value is -1.74. The Balaban J connectivity index is 2.39. The van der Waals surface area contributed by atoms with Gasteiger partial charge in [-0.2, -0.15) is 0 Å². The molecule has 0 fully saturated rings. The highest BCUT2D eigenvalue weighted by Gasteiger charge is 2.06. The molecule has 0 bridgehead atoms. The molecule has 0 aliphatic carbocycles. The SMILES string of the molecule is CC(C)Nc1ccc(Cl)c(-c2ccc(N)nc2)c1. The van der Waals surface area contributed by atoms with Crippen molar-refractivity contribution in [1.82, 2.24) is 4.98 Å². The number of nitrogens with zero attached hydrogens (tertiary/aromatic N) is 1. The van der Waals surface area contributed by atoms with E-state index in [0.29, 0.717) is 16.9 Å². The molecule has 0 radical (unpaired) electrons. The molecular weight excluding hydrogens is 246 g/mol. The van der Waals surface area contributed by atoms with Crippen molar-refractivity contribution in [2.75, 3.05) is 11.1 Å². The molecule has 0 atom stereocenters. The average Bonchev–Trinajstić information content (AvgIpc) is 2.32. The fraction of sp³-hybridized carbons (Fsp3) is 0.214. The summed E-state index contributed by atoms with van der Waals surface area (Å²) in [6.45, 7) is 4.19. The molecule has 1 aromatic carbocycles. The molecule has 94 valence electrons. The summed E-state index contributed by atoms with van der Waals surface area (Å²) in [7, 11) is 0. The van der Waals surface area contributed by atoms with E-state index in [9.17, 15) is 0 Å². The lowest BCUT2D eigenvalue weighted by Crippen LogP contribution is -2.09. The van der Waals surface area contributed by atoms with E-state index in [0.717, 1.165) is 16.8 Å². The maximum Gasteiger partial charge on any atom is 0.123 e. The Kier molecular flexibility index (Phi) is 3.72. The number of aromatic nitrogens is 1. The summed E-state index contributed by atoms with van der Waals surface area (Å²) in [6, 6.07) is 9.95. The molecule has 0 aliphatic heterocycles. The van der Waals surface area contributed by atoms with Crippen LogP contribution in [-0.4, -0.2) is 11.0 Å². The van der Waals surface area contributed by atoms with E-state index in [1.165, 1.54) is 0 Å². The highest BCUT2D eigenvalue weighted by atomic mass is 35.5. The Morgan fingerprint density at radius 1 is 1.22 bits per heavy atom. The number of rotatable bonds is 3. The van der Waals surface area contributed by atoms with E-state index in [1.807, 2.05) is 24.3 Å². The van der Waals surface area contributed by atoms with Crippen molar-refractivity contribution < 1.29 is 0 Å². The lowest BCUT2D eigenvalue weighted by Gasteiger charge is -2.12. The number of nitrogens with one attached hydrogen (secondary N) is 1. The highest BCUT2D eigenvalue weighted by molar-refractivity contribution is 6.33. The Bertz CT molecular complexity index is 535. The standard InChI is InChI=1S/C14H16ClN3/c1-9(2)18-11-4-5-13(15)12(7-11)10-3-6-14(16)17-8-10/h3-9,18H,1-2H3,(H2,16,17). The van der Waals surface area contributed by atoms with Crippen molar-refractivity contribution >= 4 is 23.1 Å². The number of anilines is 2. The molecule has 0 saturated heterocycles. The molecule has 0 spiro atoms. The van der Waals surface area contributed by atoms with Crippen LogP contribution in [0.1, 0.15) is 13.8 Å². The number of hydrogen-bond donors (Lipinski definition) is 2. The number of pyridine rings is 1. The second-order valence-electron chi connectivity index (χ2n) is 4.47. The van der Waals surface area contributed by atoms with Gasteiger partial charge in [0.15, 0.2) is 0 Å². The third kappa shape index (κ3) is 2.93. The van der Waals surface area contributed by atoms with Gasteiger partial charge in [-0.15, -0.1) is 0 Å². The van der Waals surface area contributed by atoms with Crippen molar-refractivity contribution in [3.8, 4) is 11.1 Å². The summed E-state index contributed by atoms with van der Waals surface area (Å²) < 4.78 is 0. The zero-order valence-electron chi connectivity index (χ0n) is 10.4. The smallest absolute Gasteiger partial charge is 0.123 e. The predicted molar refractivity (Wildman–Crippen MR) is 77.9 cm³/mol. The van der Waals surface area contributed by atoms with Crippen LogP contribution in [0.25, 0.3) is 11.1 Å². The Labute approximate surface area is 112 Å². The lowest BCUT2D eigenvalue weighted by atomic mass is 10.1. The quantitative estimate of drug-likeness (QED) is 0.883. The molecule has 18 heavy (non-hydrogen) atoms. The minimum atomic E-state index is 0.378. The monoisotopic (exact) mass is 261 g/mol. The molecule has 3 N–H and O–H groups in total. The van der Waals surface area contributed by atoms with Gasteiger partial charge in [-0.05, 0) is 44.2 Å². The summed E-state index contributed by atoms with van der Waals surface area (Å²) in [5, 5.41) is 4.05. The molecule has 3 nitrogen and oxygen atoms in total. The van der Waals surface area contributed by atoms with Crippen LogP contribution in [0.2, 0.25) is 5.02 Å². The summed E-state index contributed by atoms with van der Waals surface area (Å²) in [6.07, 6.45) is 1.73. The van der Waals surface area contributed by atoms with Crippen molar-refractivity contribution in [2.24, 2.45) is 0 Å². The molecule has 4 heteroatoms. The fourth-order valence-electron chi connectivity index (χ4n) is 1.73. The Morgan fingerprint density at radius 3 is 2.61 bits per heavy atom. The maximum absolute atomic E-state index is 6.22. The van der Waals surface area contributed by atoms with Crippen LogP contribution in [0.4, 0.5) is 11.5 Å². The number of benzene rings is 1. The average molecular weight is 262 g/mol. The minimum absolute atomic E-state index is 0.378. The zero-order valence-corrected chi connectivity index (χ0v) is 11.2. The van der Waals surface area contributed by atoms with Gasteiger partial charge in [-0.1, -0.05) is 11.6 Å². The minimum Gasteiger partial charge on any atom is -0.384 e. The number of halogens is 1. The van der Waals surface area contributed by atoms with Gasteiger partial charge in [0.1, 0.15) is 5.82 Å². The van der Waals surface area contributed by atoms with Gasteiger partial charge in [-0.3, -0.25) is 0 Å². The third-order valence-corrected chi connectivity index (χ3v) is 2.85. The normalized spacial score (nSPS) is 10.7. The first-order valence-electron chi connectivity index (χ1n) is 5.84. The van der Waals surface area contributed by atoms with Crippen LogP contribution in [0, 0.1) is 0 Å². The van der Waals surface area contributed by atoms with Crippen LogP contribution in [0.3, 0.4) is 0 Å². The van der Waals surface area contributed by atoms with E-state index >= 15 is 0 Å². The molecule has 0 saturated carbocycles. The van der Waals surface area contributed by atoms with E-state index < -0.39 is 0 Å². The van der Waals surface area contributed by atoms with Gasteiger partial charge in [0.05, 0.1) is 0 Å². The van der Waals surface area contributed by atoms with E-state index in [-0.39, 0.29) is 0 Å². The van der Waals surface area contributed by atoms with Gasteiger partial charge in [0.2, 0.25) is 0 Å². The van der Waals surface area contributed by atoms with Gasteiger partial charge < -0.3 is 11.1 Å². The topological polar surface area (TPSA) is 50.9 Å². The van der Waals surface area contributed by atoms with Crippen molar-refractivity contribution in [3.63, 3.8) is 0 Å². The maximum atomic E-state index is 6.22. The van der Waals surface area contributed by atoms with E-state index in [2.05, 4.69) is 24.1 Å². The fourth-order valence-corrected chi connectivity index (χ4v) is 1.96. The number of hydrogen-bond acceptors (Lipinski definition) is 3. The van der Waals surface area contributed by atoms with E-state index in [1.54, 1.807) is 12.3 Å². The first kappa shape index (κ1) is 12.7. The van der Waals surface area contributed by atoms with Crippen LogP contribution >= 0.6 is 11.6 Å². The summed E-state index contributed by atoms with van der Waals surface area (Å²) in [5.74, 6) is 0.506. The Morgan fingerprint density at radius 2 is 2.00 bits per heavy atom. The van der Waals surface area contributed by atoms with Crippen molar-refractivity contribution in [1.29, 1.82) is 0 Å². The van der Waals surface area contributed by atoms with Crippen LogP contribution in [-0.2, 0) is 0 Å². The molecule has 0 aliphatic rings. The zero-order chi connectivity index (χ0) is 13.1. The summed E-state index contributed by atoms with van der Waals surface area (Å²) >= 11 is 6.22. The van der Waals surface area contributed by atoms with Gasteiger partial charge in [0, 0.05) is 34.1 Å². The van der Waals surface area contributed by atoms with Crippen LogP contribution in [0.15, 0.2) is 36.5 Å². The number of nitrogen functional groups attached to an aromatic ring is 1. The van der Waals surface area contributed by atoms with E-state index in [4.69, 9.17) is 17.3 Å². The molecule has 0 unspecified atom stereocenters. The molecular formula is C14H16ClN3. The second kappa shape index (κ2) is 5.27. The van der Waals surface area contributed by atoms with Crippen molar-refractivity contribution in [2.45, 2.75) is 19.9 Å². The third-order valence-electron chi connectivity index (χ3n) is 2.52. The predicted octanol–water partition coefficient (Wildman–Crippen LogP) is 3.80. The van der Waals surface area contributed by atoms with Gasteiger partial charge >= 0.3 is 0 Å². The van der Waals surface area contributed by atoms with Gasteiger partial charge in [0.25, 0.3) is 0 Å². The van der Waals surface area contributed by atoms with Crippen molar-refractivity contribution in [3.05, 3.63) is 41.6 Å². The first-order chi connectivity index (χ1) is 8.56. The summed E-state index contributed by atoms with van der Waals surface area (Å²) in [4.78, 5) is 4.09. The first-order valence-corrected chi connectivity index (χ1v) is 6.22. The molecule has 2 aromatic rings. The van der Waals surface area contributed by atoms with Crippen LogP contribution in [0.5, 0.6) is 0 Å².